The summed E-state index contributed by atoms with van der Waals surface area (Å²) in [5, 5.41) is 12.8. The van der Waals surface area contributed by atoms with Gasteiger partial charge in [0.2, 0.25) is 6.29 Å². The molecule has 1 aromatic rings. The van der Waals surface area contributed by atoms with Crippen molar-refractivity contribution in [1.82, 2.24) is 5.32 Å². The number of aliphatic hydroxyl groups excluding tert-OH is 1. The maximum absolute atomic E-state index is 12.1. The van der Waals surface area contributed by atoms with Crippen LogP contribution in [0, 0.1) is 0 Å². The van der Waals surface area contributed by atoms with E-state index in [-0.39, 0.29) is 17.0 Å². The van der Waals surface area contributed by atoms with Crippen LogP contribution in [0.4, 0.5) is 0 Å². The van der Waals surface area contributed by atoms with E-state index in [2.05, 4.69) is 5.32 Å². The summed E-state index contributed by atoms with van der Waals surface area (Å²) in [5.41, 5.74) is 0.547. The predicted molar refractivity (Wildman–Crippen MR) is 75.5 cm³/mol. The smallest absolute Gasteiger partial charge is 0.253 e. The monoisotopic (exact) mass is 277 g/mol. The first-order valence-electron chi connectivity index (χ1n) is 6.37. The van der Waals surface area contributed by atoms with Gasteiger partial charge in [0.1, 0.15) is 11.5 Å². The van der Waals surface area contributed by atoms with Gasteiger partial charge in [0.05, 0.1) is 12.7 Å². The van der Waals surface area contributed by atoms with E-state index < -0.39 is 6.29 Å². The fourth-order valence-electron chi connectivity index (χ4n) is 1.88. The first-order valence-corrected chi connectivity index (χ1v) is 6.37. The summed E-state index contributed by atoms with van der Waals surface area (Å²) in [5.74, 6) is 0.780. The van der Waals surface area contributed by atoms with Crippen molar-refractivity contribution in [1.29, 1.82) is 0 Å². The predicted octanol–water partition coefficient (Wildman–Crippen LogP) is 1.70. The lowest BCUT2D eigenvalue weighted by Gasteiger charge is -2.26. The molecule has 1 aliphatic rings. The van der Waals surface area contributed by atoms with Crippen molar-refractivity contribution >= 4 is 12.0 Å². The minimum absolute atomic E-state index is 0.192. The molecule has 2 N–H and O–H groups in total. The fraction of sp³-hybridized carbons (Fsp3) is 0.400. The van der Waals surface area contributed by atoms with Crippen molar-refractivity contribution in [3.8, 4) is 11.5 Å². The van der Waals surface area contributed by atoms with E-state index in [4.69, 9.17) is 9.47 Å². The van der Waals surface area contributed by atoms with Gasteiger partial charge in [0, 0.05) is 17.2 Å². The van der Waals surface area contributed by atoms with E-state index in [1.807, 2.05) is 20.8 Å². The van der Waals surface area contributed by atoms with Crippen LogP contribution in [0.2, 0.25) is 0 Å². The van der Waals surface area contributed by atoms with Crippen LogP contribution in [0.25, 0.3) is 6.08 Å². The Bertz CT molecular complexity index is 557. The molecule has 1 heterocycles. The highest BCUT2D eigenvalue weighted by Crippen LogP contribution is 2.32. The van der Waals surface area contributed by atoms with Gasteiger partial charge in [-0.05, 0) is 39.0 Å². The average molecular weight is 277 g/mol. The quantitative estimate of drug-likeness (QED) is 0.863. The molecule has 108 valence electrons. The van der Waals surface area contributed by atoms with E-state index in [1.54, 1.807) is 31.4 Å². The lowest BCUT2D eigenvalue weighted by Crippen LogP contribution is -2.44. The number of hydrogen-bond acceptors (Lipinski definition) is 4. The van der Waals surface area contributed by atoms with Crippen LogP contribution in [0.3, 0.4) is 0 Å². The maximum atomic E-state index is 12.1. The standard InChI is InChI=1S/C15H19NO4/c1-15(2,3)16-13(17)11-7-9-5-6-10(19-4)8-12(9)20-14(11)18/h5-8,14,18H,1-4H3,(H,16,17). The Morgan fingerprint density at radius 2 is 2.10 bits per heavy atom. The first-order chi connectivity index (χ1) is 9.30. The molecule has 1 atom stereocenters. The number of aliphatic hydroxyl groups is 1. The zero-order valence-electron chi connectivity index (χ0n) is 12.1. The van der Waals surface area contributed by atoms with Crippen molar-refractivity contribution in [3.63, 3.8) is 0 Å². The lowest BCUT2D eigenvalue weighted by molar-refractivity contribution is -0.121. The molecule has 0 fully saturated rings. The summed E-state index contributed by atoms with van der Waals surface area (Å²) in [6.07, 6.45) is 0.348. The van der Waals surface area contributed by atoms with E-state index in [0.717, 1.165) is 5.56 Å². The second-order valence-electron chi connectivity index (χ2n) is 5.68. The molecule has 20 heavy (non-hydrogen) atoms. The Morgan fingerprint density at radius 1 is 1.40 bits per heavy atom. The van der Waals surface area contributed by atoms with E-state index in [9.17, 15) is 9.90 Å². The molecule has 1 aliphatic heterocycles. The number of methoxy groups -OCH3 is 1. The van der Waals surface area contributed by atoms with Gasteiger partial charge in [0.15, 0.2) is 0 Å². The number of carbonyl (C=O) groups excluding carboxylic acids is 1. The molecule has 5 nitrogen and oxygen atoms in total. The van der Waals surface area contributed by atoms with Crippen LogP contribution in [-0.4, -0.2) is 30.0 Å². The van der Waals surface area contributed by atoms with Crippen molar-refractivity contribution in [2.45, 2.75) is 32.6 Å². The number of fused-ring (bicyclic) bond motifs is 1. The Morgan fingerprint density at radius 3 is 2.70 bits per heavy atom. The molecule has 0 aromatic heterocycles. The molecule has 1 aromatic carbocycles. The highest BCUT2D eigenvalue weighted by molar-refractivity contribution is 6.00. The number of benzene rings is 1. The molecule has 0 aliphatic carbocycles. The zero-order valence-corrected chi connectivity index (χ0v) is 12.1. The van der Waals surface area contributed by atoms with Crippen molar-refractivity contribution in [3.05, 3.63) is 29.3 Å². The number of nitrogens with one attached hydrogen (secondary N) is 1. The van der Waals surface area contributed by atoms with Gasteiger partial charge in [0.25, 0.3) is 5.91 Å². The van der Waals surface area contributed by atoms with Crippen molar-refractivity contribution in [2.75, 3.05) is 7.11 Å². The number of hydrogen-bond donors (Lipinski definition) is 2. The third-order valence-electron chi connectivity index (χ3n) is 2.79. The Hall–Kier alpha value is -2.01. The summed E-state index contributed by atoms with van der Waals surface area (Å²) >= 11 is 0. The topological polar surface area (TPSA) is 67.8 Å². The highest BCUT2D eigenvalue weighted by Gasteiger charge is 2.28. The van der Waals surface area contributed by atoms with Crippen LogP contribution in [0.1, 0.15) is 26.3 Å². The molecule has 0 saturated heterocycles. The number of amides is 1. The molecule has 0 radical (unpaired) electrons. The summed E-state index contributed by atoms with van der Waals surface area (Å²) in [6.45, 7) is 5.63. The lowest BCUT2D eigenvalue weighted by atomic mass is 10.0. The molecule has 0 bridgehead atoms. The van der Waals surface area contributed by atoms with Crippen LogP contribution >= 0.6 is 0 Å². The highest BCUT2D eigenvalue weighted by atomic mass is 16.6. The van der Waals surface area contributed by atoms with Crippen molar-refractivity contribution < 1.29 is 19.4 Å². The van der Waals surface area contributed by atoms with Gasteiger partial charge < -0.3 is 19.9 Å². The molecule has 0 spiro atoms. The number of carbonyl (C=O) groups is 1. The first kappa shape index (κ1) is 14.4. The molecular weight excluding hydrogens is 258 g/mol. The summed E-state index contributed by atoms with van der Waals surface area (Å²) in [4.78, 5) is 12.1. The normalized spacial score (nSPS) is 17.6. The molecular formula is C15H19NO4. The molecule has 1 amide bonds. The van der Waals surface area contributed by atoms with Gasteiger partial charge in [-0.15, -0.1) is 0 Å². The molecule has 1 unspecified atom stereocenters. The van der Waals surface area contributed by atoms with Crippen LogP contribution in [0.5, 0.6) is 11.5 Å². The molecule has 2 rings (SSSR count). The maximum Gasteiger partial charge on any atom is 0.253 e. The summed E-state index contributed by atoms with van der Waals surface area (Å²) in [6, 6.07) is 5.23. The second-order valence-corrected chi connectivity index (χ2v) is 5.68. The minimum atomic E-state index is -1.28. The van der Waals surface area contributed by atoms with E-state index >= 15 is 0 Å². The van der Waals surface area contributed by atoms with E-state index in [1.165, 1.54) is 0 Å². The van der Waals surface area contributed by atoms with Gasteiger partial charge >= 0.3 is 0 Å². The van der Waals surface area contributed by atoms with Crippen molar-refractivity contribution in [2.24, 2.45) is 0 Å². The van der Waals surface area contributed by atoms with Crippen LogP contribution < -0.4 is 14.8 Å². The summed E-state index contributed by atoms with van der Waals surface area (Å²) < 4.78 is 10.5. The molecule has 0 saturated carbocycles. The Kier molecular flexibility index (Phi) is 3.72. The fourth-order valence-corrected chi connectivity index (χ4v) is 1.88. The number of ether oxygens (including phenoxy) is 2. The average Bonchev–Trinajstić information content (AvgIpc) is 2.35. The summed E-state index contributed by atoms with van der Waals surface area (Å²) in [7, 11) is 1.55. The third kappa shape index (κ3) is 3.11. The van der Waals surface area contributed by atoms with Crippen LogP contribution in [0.15, 0.2) is 23.8 Å². The van der Waals surface area contributed by atoms with Gasteiger partial charge in [-0.25, -0.2) is 0 Å². The third-order valence-corrected chi connectivity index (χ3v) is 2.79. The minimum Gasteiger partial charge on any atom is -0.497 e. The largest absolute Gasteiger partial charge is 0.497 e. The van der Waals surface area contributed by atoms with Gasteiger partial charge in [-0.1, -0.05) is 0 Å². The Labute approximate surface area is 118 Å². The second kappa shape index (κ2) is 5.17. The van der Waals surface area contributed by atoms with E-state index in [0.29, 0.717) is 11.5 Å². The van der Waals surface area contributed by atoms with Gasteiger partial charge in [-0.3, -0.25) is 4.79 Å². The van der Waals surface area contributed by atoms with Crippen LogP contribution in [-0.2, 0) is 4.79 Å². The zero-order chi connectivity index (χ0) is 14.9. The molecule has 5 heteroatoms. The number of rotatable bonds is 2. The van der Waals surface area contributed by atoms with Gasteiger partial charge in [-0.2, -0.15) is 0 Å². The SMILES string of the molecule is COc1ccc2c(c1)OC(O)C(C(=O)NC(C)(C)C)=C2. The Balaban J connectivity index is 2.30.